The number of rotatable bonds is 4. The number of hydrogen-bond acceptors (Lipinski definition) is 4. The molecule has 0 bridgehead atoms. The number of nitrogens with one attached hydrogen (secondary N) is 1. The number of aromatic hydroxyl groups is 1. The van der Waals surface area contributed by atoms with Gasteiger partial charge in [0.15, 0.2) is 11.5 Å². The van der Waals surface area contributed by atoms with Gasteiger partial charge in [0, 0.05) is 16.9 Å². The molecule has 3 aromatic carbocycles. The number of benzene rings is 3. The quantitative estimate of drug-likeness (QED) is 0.693. The minimum Gasteiger partial charge on any atom is -0.504 e. The highest BCUT2D eigenvalue weighted by molar-refractivity contribution is 6.12. The summed E-state index contributed by atoms with van der Waals surface area (Å²) < 4.78 is 5.26. The van der Waals surface area contributed by atoms with E-state index in [4.69, 9.17) is 4.74 Å². The maximum atomic E-state index is 13.4. The van der Waals surface area contributed by atoms with Gasteiger partial charge in [-0.15, -0.1) is 0 Å². The third-order valence-electron chi connectivity index (χ3n) is 5.09. The highest BCUT2D eigenvalue weighted by atomic mass is 16.5. The summed E-state index contributed by atoms with van der Waals surface area (Å²) in [5.41, 5.74) is 3.86. The first kappa shape index (κ1) is 17.9. The number of carbonyl (C=O) groups is 1. The van der Waals surface area contributed by atoms with Gasteiger partial charge < -0.3 is 15.2 Å². The van der Waals surface area contributed by atoms with Crippen LogP contribution in [0.15, 0.2) is 66.7 Å². The summed E-state index contributed by atoms with van der Waals surface area (Å²) in [6.07, 6.45) is 0.361. The van der Waals surface area contributed by atoms with Crippen molar-refractivity contribution in [3.8, 4) is 11.5 Å². The molecular weight excluding hydrogens is 352 g/mol. The van der Waals surface area contributed by atoms with E-state index < -0.39 is 6.17 Å². The molecule has 3 aromatic rings. The van der Waals surface area contributed by atoms with E-state index in [0.29, 0.717) is 16.9 Å². The van der Waals surface area contributed by atoms with E-state index in [-0.39, 0.29) is 11.7 Å². The van der Waals surface area contributed by atoms with Crippen LogP contribution in [-0.4, -0.2) is 18.1 Å². The molecule has 5 nitrogen and oxygen atoms in total. The number of carbonyl (C=O) groups excluding carboxylic acids is 1. The Labute approximate surface area is 164 Å². The van der Waals surface area contributed by atoms with Crippen LogP contribution in [0.25, 0.3) is 0 Å². The molecule has 142 valence electrons. The lowest BCUT2D eigenvalue weighted by Crippen LogP contribution is -2.43. The van der Waals surface area contributed by atoms with Crippen molar-refractivity contribution in [3.63, 3.8) is 0 Å². The lowest BCUT2D eigenvalue weighted by molar-refractivity contribution is 0.0974. The van der Waals surface area contributed by atoms with Crippen molar-refractivity contribution in [2.75, 3.05) is 17.3 Å². The van der Waals surface area contributed by atoms with Gasteiger partial charge in [-0.25, -0.2) is 0 Å². The molecule has 0 aliphatic carbocycles. The second-order valence-corrected chi connectivity index (χ2v) is 6.69. The van der Waals surface area contributed by atoms with Gasteiger partial charge in [-0.1, -0.05) is 43.3 Å². The average molecular weight is 374 g/mol. The molecule has 0 radical (unpaired) electrons. The lowest BCUT2D eigenvalue weighted by Gasteiger charge is -2.38. The van der Waals surface area contributed by atoms with E-state index in [2.05, 4.69) is 12.2 Å². The summed E-state index contributed by atoms with van der Waals surface area (Å²) in [4.78, 5) is 15.1. The molecule has 0 aromatic heterocycles. The van der Waals surface area contributed by atoms with Crippen LogP contribution >= 0.6 is 0 Å². The van der Waals surface area contributed by atoms with Crippen molar-refractivity contribution in [1.29, 1.82) is 0 Å². The summed E-state index contributed by atoms with van der Waals surface area (Å²) in [6, 6.07) is 20.6. The standard InChI is InChI=1S/C23H22N2O3/c1-3-15-11-13-16(14-12-15)25-22(18-8-6-10-20(28-2)21(18)26)24-19-9-5-4-7-17(19)23(25)27/h4-14,22,24,26H,3H2,1-2H3/t22-/m0/s1. The van der Waals surface area contributed by atoms with Crippen molar-refractivity contribution in [1.82, 2.24) is 0 Å². The van der Waals surface area contributed by atoms with Crippen LogP contribution in [0.1, 0.15) is 34.6 Å². The molecule has 2 N–H and O–H groups in total. The van der Waals surface area contributed by atoms with Gasteiger partial charge in [0.1, 0.15) is 6.17 Å². The number of amides is 1. The first-order chi connectivity index (χ1) is 13.6. The molecule has 28 heavy (non-hydrogen) atoms. The van der Waals surface area contributed by atoms with Crippen molar-refractivity contribution in [2.45, 2.75) is 19.5 Å². The Morgan fingerprint density at radius 3 is 2.50 bits per heavy atom. The molecule has 1 atom stereocenters. The third-order valence-corrected chi connectivity index (χ3v) is 5.09. The van der Waals surface area contributed by atoms with Gasteiger partial charge in [-0.2, -0.15) is 0 Å². The van der Waals surface area contributed by atoms with Gasteiger partial charge in [-0.3, -0.25) is 9.69 Å². The molecule has 4 rings (SSSR count). The Morgan fingerprint density at radius 1 is 1.04 bits per heavy atom. The fraction of sp³-hybridized carbons (Fsp3) is 0.174. The Morgan fingerprint density at radius 2 is 1.79 bits per heavy atom. The first-order valence-corrected chi connectivity index (χ1v) is 9.28. The maximum absolute atomic E-state index is 13.4. The van der Waals surface area contributed by atoms with Gasteiger partial charge in [-0.05, 0) is 42.3 Å². The molecule has 1 heterocycles. The van der Waals surface area contributed by atoms with Gasteiger partial charge >= 0.3 is 0 Å². The molecule has 1 aliphatic rings. The molecule has 0 spiro atoms. The van der Waals surface area contributed by atoms with Gasteiger partial charge in [0.2, 0.25) is 0 Å². The monoisotopic (exact) mass is 374 g/mol. The van der Waals surface area contributed by atoms with Gasteiger partial charge in [0.25, 0.3) is 5.91 Å². The number of para-hydroxylation sites is 2. The van der Waals surface area contributed by atoms with Crippen molar-refractivity contribution in [3.05, 3.63) is 83.4 Å². The number of fused-ring (bicyclic) bond motifs is 1. The van der Waals surface area contributed by atoms with Crippen LogP contribution in [0.3, 0.4) is 0 Å². The van der Waals surface area contributed by atoms with Crippen molar-refractivity contribution >= 4 is 17.3 Å². The predicted molar refractivity (Wildman–Crippen MR) is 110 cm³/mol. The number of hydrogen-bond donors (Lipinski definition) is 2. The van der Waals surface area contributed by atoms with E-state index in [1.165, 1.54) is 12.7 Å². The zero-order chi connectivity index (χ0) is 19.7. The third kappa shape index (κ3) is 2.95. The highest BCUT2D eigenvalue weighted by Crippen LogP contribution is 2.42. The smallest absolute Gasteiger partial charge is 0.262 e. The number of ether oxygens (including phenoxy) is 1. The summed E-state index contributed by atoms with van der Waals surface area (Å²) in [7, 11) is 1.51. The molecule has 0 saturated carbocycles. The Kier molecular flexibility index (Phi) is 4.65. The van der Waals surface area contributed by atoms with E-state index in [0.717, 1.165) is 17.8 Å². The van der Waals surface area contributed by atoms with E-state index in [1.54, 1.807) is 29.2 Å². The highest BCUT2D eigenvalue weighted by Gasteiger charge is 2.35. The number of aryl methyl sites for hydroxylation is 1. The molecule has 0 saturated heterocycles. The average Bonchev–Trinajstić information content (AvgIpc) is 2.74. The van der Waals surface area contributed by atoms with Crippen molar-refractivity contribution in [2.24, 2.45) is 0 Å². The largest absolute Gasteiger partial charge is 0.504 e. The van der Waals surface area contributed by atoms with Crippen LogP contribution in [0, 0.1) is 0 Å². The summed E-state index contributed by atoms with van der Waals surface area (Å²) in [6.45, 7) is 2.09. The number of methoxy groups -OCH3 is 1. The topological polar surface area (TPSA) is 61.8 Å². The number of anilines is 2. The molecule has 0 fully saturated rings. The summed E-state index contributed by atoms with van der Waals surface area (Å²) in [5.74, 6) is 0.266. The fourth-order valence-electron chi connectivity index (χ4n) is 3.55. The Hall–Kier alpha value is -3.47. The Bertz CT molecular complexity index is 1010. The molecule has 1 amide bonds. The van der Waals surface area contributed by atoms with Crippen LogP contribution in [0.5, 0.6) is 11.5 Å². The zero-order valence-electron chi connectivity index (χ0n) is 15.8. The first-order valence-electron chi connectivity index (χ1n) is 9.28. The van der Waals surface area contributed by atoms with E-state index >= 15 is 0 Å². The number of phenols is 1. The molecule has 0 unspecified atom stereocenters. The Balaban J connectivity index is 1.87. The van der Waals surface area contributed by atoms with E-state index in [1.807, 2.05) is 42.5 Å². The molecular formula is C23H22N2O3. The van der Waals surface area contributed by atoms with Crippen molar-refractivity contribution < 1.29 is 14.6 Å². The molecule has 1 aliphatic heterocycles. The molecule has 5 heteroatoms. The predicted octanol–water partition coefficient (Wildman–Crippen LogP) is 4.73. The number of phenolic OH excluding ortho intramolecular Hbond substituents is 1. The van der Waals surface area contributed by atoms with Crippen LogP contribution in [-0.2, 0) is 6.42 Å². The second kappa shape index (κ2) is 7.27. The normalized spacial score (nSPS) is 15.7. The lowest BCUT2D eigenvalue weighted by atomic mass is 10.0. The van der Waals surface area contributed by atoms with Crippen LogP contribution < -0.4 is 15.0 Å². The summed E-state index contributed by atoms with van der Waals surface area (Å²) >= 11 is 0. The SMILES string of the molecule is CCc1ccc(N2C(=O)c3ccccc3N[C@@H]2c2cccc(OC)c2O)cc1. The summed E-state index contributed by atoms with van der Waals surface area (Å²) in [5, 5.41) is 14.1. The van der Waals surface area contributed by atoms with E-state index in [9.17, 15) is 9.90 Å². The zero-order valence-corrected chi connectivity index (χ0v) is 15.8. The van der Waals surface area contributed by atoms with Crippen LogP contribution in [0.4, 0.5) is 11.4 Å². The van der Waals surface area contributed by atoms with Crippen LogP contribution in [0.2, 0.25) is 0 Å². The number of nitrogens with zero attached hydrogens (tertiary/aromatic N) is 1. The maximum Gasteiger partial charge on any atom is 0.262 e. The second-order valence-electron chi connectivity index (χ2n) is 6.69. The minimum absolute atomic E-state index is 0.0184. The van der Waals surface area contributed by atoms with Gasteiger partial charge in [0.05, 0.1) is 12.7 Å². The minimum atomic E-state index is -0.565. The fourth-order valence-corrected chi connectivity index (χ4v) is 3.55.